The van der Waals surface area contributed by atoms with Crippen molar-refractivity contribution in [3.63, 3.8) is 0 Å². The molecule has 2 unspecified atom stereocenters. The summed E-state index contributed by atoms with van der Waals surface area (Å²) in [5.41, 5.74) is -0.614. The smallest absolute Gasteiger partial charge is 0.414 e. The first-order valence-electron chi connectivity index (χ1n) is 13.0. The largest absolute Gasteiger partial charge is 0.469 e. The highest BCUT2D eigenvalue weighted by atomic mass is 16.6. The topological polar surface area (TPSA) is 131 Å². The number of nitrogens with one attached hydrogen (secondary N) is 2. The molecule has 3 saturated heterocycles. The van der Waals surface area contributed by atoms with E-state index in [0.717, 1.165) is 52.2 Å². The van der Waals surface area contributed by atoms with Gasteiger partial charge in [-0.2, -0.15) is 0 Å². The zero-order valence-corrected chi connectivity index (χ0v) is 22.8. The van der Waals surface area contributed by atoms with Crippen molar-refractivity contribution in [3.8, 4) is 0 Å². The fraction of sp³-hybridized carbons (Fsp3) is 0.833. The molecule has 3 heterocycles. The number of rotatable bonds is 7. The lowest BCUT2D eigenvalue weighted by atomic mass is 10.1. The Hall–Kier alpha value is -2.64. The van der Waals surface area contributed by atoms with Gasteiger partial charge in [-0.25, -0.2) is 9.59 Å². The Labute approximate surface area is 219 Å². The number of likely N-dealkylation sites (N-methyl/N-ethyl adjacent to an activating group) is 1. The number of hydrogen-bond donors (Lipinski definition) is 2. The van der Waals surface area contributed by atoms with E-state index in [-0.39, 0.29) is 30.3 Å². The third kappa shape index (κ3) is 8.44. The minimum absolute atomic E-state index is 0.0423. The fourth-order valence-corrected chi connectivity index (χ4v) is 4.83. The van der Waals surface area contributed by atoms with E-state index in [1.54, 1.807) is 32.7 Å². The zero-order valence-electron chi connectivity index (χ0n) is 22.8. The third-order valence-electron chi connectivity index (χ3n) is 7.01. The summed E-state index contributed by atoms with van der Waals surface area (Å²) >= 11 is 0. The van der Waals surface area contributed by atoms with Crippen LogP contribution in [0.1, 0.15) is 33.6 Å². The first kappa shape index (κ1) is 28.9. The number of cyclic esters (lactones) is 1. The van der Waals surface area contributed by atoms with Crippen molar-refractivity contribution in [2.75, 3.05) is 79.6 Å². The van der Waals surface area contributed by atoms with Gasteiger partial charge in [0.25, 0.3) is 0 Å². The standard InChI is InChI=1S/C24H43N7O6/c1-24(2,3)37-22(33)26-21(25)31-16-12-28(13-17-31)8-6-18-20(36-23(34)27(18)4)30-14-10-29(11-15-30)9-7-19(32)35-5/h18,20H,6-17H2,1-5H3,(H2,25,26,33). The number of nitrogens with zero attached hydrogens (tertiary/aromatic N) is 5. The first-order chi connectivity index (χ1) is 17.5. The minimum Gasteiger partial charge on any atom is -0.469 e. The molecule has 2 N–H and O–H groups in total. The molecule has 3 aliphatic rings. The summed E-state index contributed by atoms with van der Waals surface area (Å²) in [6.07, 6.45) is -0.0424. The van der Waals surface area contributed by atoms with Crippen molar-refractivity contribution >= 4 is 24.1 Å². The van der Waals surface area contributed by atoms with Crippen LogP contribution in [0.25, 0.3) is 0 Å². The molecule has 3 fully saturated rings. The molecule has 0 radical (unpaired) electrons. The van der Waals surface area contributed by atoms with Crippen molar-refractivity contribution < 1.29 is 28.6 Å². The van der Waals surface area contributed by atoms with Crippen LogP contribution in [0.5, 0.6) is 0 Å². The van der Waals surface area contributed by atoms with Crippen molar-refractivity contribution in [3.05, 3.63) is 0 Å². The van der Waals surface area contributed by atoms with Crippen molar-refractivity contribution in [2.24, 2.45) is 0 Å². The number of carbonyl (C=O) groups excluding carboxylic acids is 3. The van der Waals surface area contributed by atoms with Gasteiger partial charge in [-0.3, -0.25) is 25.3 Å². The lowest BCUT2D eigenvalue weighted by Crippen LogP contribution is -2.55. The van der Waals surface area contributed by atoms with Crippen LogP contribution in [-0.2, 0) is 19.0 Å². The van der Waals surface area contributed by atoms with E-state index in [1.807, 2.05) is 4.90 Å². The van der Waals surface area contributed by atoms with E-state index >= 15 is 0 Å². The van der Waals surface area contributed by atoms with E-state index < -0.39 is 11.7 Å². The highest BCUT2D eigenvalue weighted by Gasteiger charge is 2.43. The SMILES string of the molecule is COC(=O)CCN1CCN(C2OC(=O)N(C)C2CCN2CCN(C(=N)NC(=O)OC(C)(C)C)CC2)CC1. The zero-order chi connectivity index (χ0) is 27.2. The number of guanidine groups is 1. The van der Waals surface area contributed by atoms with Crippen molar-refractivity contribution in [1.82, 2.24) is 29.8 Å². The number of alkyl carbamates (subject to hydrolysis) is 1. The number of hydrogen-bond acceptors (Lipinski definition) is 10. The molecule has 0 aromatic rings. The van der Waals surface area contributed by atoms with Crippen LogP contribution in [-0.4, -0.2) is 146 Å². The molecular formula is C24H43N7O6. The molecule has 0 bridgehead atoms. The summed E-state index contributed by atoms with van der Waals surface area (Å²) in [5.74, 6) is -0.153. The minimum atomic E-state index is -0.621. The molecule has 3 aliphatic heterocycles. The lowest BCUT2D eigenvalue weighted by Gasteiger charge is -2.39. The number of methoxy groups -OCH3 is 1. The number of amides is 2. The quantitative estimate of drug-likeness (QED) is 0.209. The van der Waals surface area contributed by atoms with Gasteiger partial charge in [0.05, 0.1) is 19.6 Å². The van der Waals surface area contributed by atoms with Gasteiger partial charge in [-0.15, -0.1) is 0 Å². The Kier molecular flexibility index (Phi) is 9.96. The van der Waals surface area contributed by atoms with E-state index in [9.17, 15) is 14.4 Å². The third-order valence-corrected chi connectivity index (χ3v) is 7.01. The maximum Gasteiger partial charge on any atom is 0.414 e. The lowest BCUT2D eigenvalue weighted by molar-refractivity contribution is -0.141. The molecule has 210 valence electrons. The maximum atomic E-state index is 12.4. The van der Waals surface area contributed by atoms with Gasteiger partial charge in [0.2, 0.25) is 5.96 Å². The van der Waals surface area contributed by atoms with Gasteiger partial charge in [-0.1, -0.05) is 0 Å². The number of carbonyl (C=O) groups is 3. The Bertz CT molecular complexity index is 819. The van der Waals surface area contributed by atoms with Crippen molar-refractivity contribution in [2.45, 2.75) is 51.5 Å². The van der Waals surface area contributed by atoms with Crippen LogP contribution >= 0.6 is 0 Å². The molecule has 0 spiro atoms. The second kappa shape index (κ2) is 12.7. The van der Waals surface area contributed by atoms with Crippen LogP contribution in [0.15, 0.2) is 0 Å². The van der Waals surface area contributed by atoms with E-state index in [2.05, 4.69) is 20.0 Å². The molecule has 0 aromatic carbocycles. The van der Waals surface area contributed by atoms with Crippen LogP contribution in [0, 0.1) is 5.41 Å². The second-order valence-corrected chi connectivity index (χ2v) is 10.7. The van der Waals surface area contributed by atoms with Crippen LogP contribution in [0.3, 0.4) is 0 Å². The van der Waals surface area contributed by atoms with Crippen LogP contribution < -0.4 is 5.32 Å². The summed E-state index contributed by atoms with van der Waals surface area (Å²) in [5, 5.41) is 10.7. The molecule has 2 amide bonds. The van der Waals surface area contributed by atoms with Crippen molar-refractivity contribution in [1.29, 1.82) is 5.41 Å². The van der Waals surface area contributed by atoms with Gasteiger partial charge >= 0.3 is 18.2 Å². The fourth-order valence-electron chi connectivity index (χ4n) is 4.83. The Morgan fingerprint density at radius 1 is 1.03 bits per heavy atom. The second-order valence-electron chi connectivity index (χ2n) is 10.7. The molecule has 3 rings (SSSR count). The van der Waals surface area contributed by atoms with E-state index in [4.69, 9.17) is 19.6 Å². The molecule has 13 nitrogen and oxygen atoms in total. The van der Waals surface area contributed by atoms with Gasteiger partial charge in [-0.05, 0) is 27.2 Å². The van der Waals surface area contributed by atoms with Gasteiger partial charge in [0.15, 0.2) is 6.23 Å². The van der Waals surface area contributed by atoms with Gasteiger partial charge in [0, 0.05) is 72.5 Å². The van der Waals surface area contributed by atoms with Gasteiger partial charge in [0.1, 0.15) is 5.60 Å². The molecular weight excluding hydrogens is 482 g/mol. The van der Waals surface area contributed by atoms with E-state index in [0.29, 0.717) is 26.1 Å². The first-order valence-corrected chi connectivity index (χ1v) is 13.0. The number of ether oxygens (including phenoxy) is 3. The molecule has 37 heavy (non-hydrogen) atoms. The number of piperazine rings is 2. The van der Waals surface area contributed by atoms with Gasteiger partial charge < -0.3 is 28.9 Å². The predicted molar refractivity (Wildman–Crippen MR) is 136 cm³/mol. The average molecular weight is 526 g/mol. The monoisotopic (exact) mass is 525 g/mol. The Balaban J connectivity index is 1.42. The Morgan fingerprint density at radius 2 is 1.62 bits per heavy atom. The normalized spacial score (nSPS) is 24.1. The molecule has 13 heteroatoms. The van der Waals surface area contributed by atoms with E-state index in [1.165, 1.54) is 7.11 Å². The highest BCUT2D eigenvalue weighted by molar-refractivity contribution is 5.92. The predicted octanol–water partition coefficient (Wildman–Crippen LogP) is 0.411. The highest BCUT2D eigenvalue weighted by Crippen LogP contribution is 2.25. The summed E-state index contributed by atoms with van der Waals surface area (Å²) in [6.45, 7) is 12.8. The van der Waals surface area contributed by atoms with Crippen LogP contribution in [0.4, 0.5) is 9.59 Å². The molecule has 0 aliphatic carbocycles. The summed E-state index contributed by atoms with van der Waals surface area (Å²) in [4.78, 5) is 46.1. The number of esters is 1. The molecule has 0 aromatic heterocycles. The average Bonchev–Trinajstić information content (AvgIpc) is 3.13. The summed E-state index contributed by atoms with van der Waals surface area (Å²) in [7, 11) is 3.20. The molecule has 2 atom stereocenters. The van der Waals surface area contributed by atoms with Crippen LogP contribution in [0.2, 0.25) is 0 Å². The maximum absolute atomic E-state index is 12.4. The summed E-state index contributed by atoms with van der Waals surface area (Å²) in [6, 6.07) is -0.0423. The molecule has 0 saturated carbocycles. The summed E-state index contributed by atoms with van der Waals surface area (Å²) < 4.78 is 15.7. The Morgan fingerprint density at radius 3 is 2.22 bits per heavy atom.